The van der Waals surface area contributed by atoms with Gasteiger partial charge >= 0.3 is 0 Å². The fourth-order valence-corrected chi connectivity index (χ4v) is 7.48. The smallest absolute Gasteiger partial charge is 0.269 e. The van der Waals surface area contributed by atoms with Crippen LogP contribution in [0, 0.1) is 26.1 Å². The summed E-state index contributed by atoms with van der Waals surface area (Å²) in [6.45, 7) is 5.66. The van der Waals surface area contributed by atoms with E-state index in [0.717, 1.165) is 17.7 Å². The van der Waals surface area contributed by atoms with Crippen molar-refractivity contribution in [3.8, 4) is 5.75 Å². The number of non-ortho nitro benzene ring substituents is 1. The lowest BCUT2D eigenvalue weighted by Gasteiger charge is -2.49. The van der Waals surface area contributed by atoms with E-state index < -0.39 is 49.8 Å². The third-order valence-corrected chi connectivity index (χ3v) is 9.30. The highest BCUT2D eigenvalue weighted by molar-refractivity contribution is 7.89. The third-order valence-electron chi connectivity index (χ3n) is 7.38. The summed E-state index contributed by atoms with van der Waals surface area (Å²) < 4.78 is 35.1. The Labute approximate surface area is 226 Å². The number of nitrogens with zero attached hydrogens (tertiary/aromatic N) is 3. The van der Waals surface area contributed by atoms with Gasteiger partial charge in [-0.1, -0.05) is 55.5 Å². The second-order valence-corrected chi connectivity index (χ2v) is 11.3. The van der Waals surface area contributed by atoms with Gasteiger partial charge in [-0.15, -0.1) is 6.58 Å². The quantitative estimate of drug-likeness (QED) is 0.199. The fourth-order valence-electron chi connectivity index (χ4n) is 5.58. The first-order valence-corrected chi connectivity index (χ1v) is 13.8. The monoisotopic (exact) mass is 551 g/mol. The summed E-state index contributed by atoms with van der Waals surface area (Å²) in [5.41, 5.74) is 0.916. The Hall–Kier alpha value is -4.09. The van der Waals surface area contributed by atoms with Gasteiger partial charge in [0.05, 0.1) is 22.8 Å². The summed E-state index contributed by atoms with van der Waals surface area (Å²) in [6.07, 6.45) is 1.85. The van der Waals surface area contributed by atoms with Crippen LogP contribution >= 0.6 is 0 Å². The highest BCUT2D eigenvalue weighted by Crippen LogP contribution is 2.50. The van der Waals surface area contributed by atoms with Crippen LogP contribution in [0.1, 0.15) is 36.4 Å². The number of hydrogen-bond donors (Lipinski definition) is 0. The molecule has 4 rings (SSSR count). The van der Waals surface area contributed by atoms with Crippen molar-refractivity contribution < 1.29 is 23.0 Å². The number of ether oxygens (including phenoxy) is 1. The first-order valence-electron chi connectivity index (χ1n) is 12.3. The first kappa shape index (κ1) is 27.9. The van der Waals surface area contributed by atoms with Crippen LogP contribution in [0.3, 0.4) is 0 Å². The number of sulfonamides is 1. The highest BCUT2D eigenvalue weighted by atomic mass is 32.2. The zero-order chi connectivity index (χ0) is 28.3. The van der Waals surface area contributed by atoms with Crippen LogP contribution in [0.25, 0.3) is 0 Å². The molecule has 11 heteroatoms. The van der Waals surface area contributed by atoms with Crippen molar-refractivity contribution in [3.63, 3.8) is 0 Å². The molecule has 3 aromatic rings. The maximum absolute atomic E-state index is 14.3. The van der Waals surface area contributed by atoms with Gasteiger partial charge in [0, 0.05) is 23.1 Å². The molecule has 0 amide bonds. The molecule has 0 unspecified atom stereocenters. The molecule has 0 aromatic heterocycles. The van der Waals surface area contributed by atoms with Crippen LogP contribution in [0.2, 0.25) is 0 Å². The lowest BCUT2D eigenvalue weighted by atomic mass is 9.70. The molecule has 39 heavy (non-hydrogen) atoms. The predicted molar refractivity (Wildman–Crippen MR) is 146 cm³/mol. The predicted octanol–water partition coefficient (Wildman–Crippen LogP) is 5.36. The van der Waals surface area contributed by atoms with Gasteiger partial charge in [0.15, 0.2) is 0 Å². The molecule has 10 nitrogen and oxygen atoms in total. The Morgan fingerprint density at radius 1 is 0.949 bits per heavy atom. The van der Waals surface area contributed by atoms with Crippen molar-refractivity contribution in [2.75, 3.05) is 7.11 Å². The largest absolute Gasteiger partial charge is 0.497 e. The Morgan fingerprint density at radius 2 is 1.56 bits per heavy atom. The summed E-state index contributed by atoms with van der Waals surface area (Å²) in [5.74, 6) is -0.558. The summed E-state index contributed by atoms with van der Waals surface area (Å²) in [4.78, 5) is 22.8. The lowest BCUT2D eigenvalue weighted by Crippen LogP contribution is -2.59. The third kappa shape index (κ3) is 5.27. The van der Waals surface area contributed by atoms with Crippen molar-refractivity contribution in [2.24, 2.45) is 5.92 Å². The van der Waals surface area contributed by atoms with Crippen LogP contribution in [0.4, 0.5) is 5.69 Å². The van der Waals surface area contributed by atoms with Crippen molar-refractivity contribution in [1.29, 1.82) is 0 Å². The molecule has 0 spiro atoms. The molecule has 0 bridgehead atoms. The van der Waals surface area contributed by atoms with E-state index in [1.807, 2.05) is 37.3 Å². The molecule has 0 saturated carbocycles. The van der Waals surface area contributed by atoms with E-state index in [9.17, 15) is 28.6 Å². The van der Waals surface area contributed by atoms with E-state index in [0.29, 0.717) is 11.3 Å². The molecule has 1 heterocycles. The second kappa shape index (κ2) is 11.3. The summed E-state index contributed by atoms with van der Waals surface area (Å²) in [6, 6.07) is 17.0. The molecule has 0 aliphatic carbocycles. The number of nitro groups is 2. The average Bonchev–Trinajstić information content (AvgIpc) is 2.94. The maximum atomic E-state index is 14.3. The van der Waals surface area contributed by atoms with Crippen molar-refractivity contribution >= 4 is 15.7 Å². The van der Waals surface area contributed by atoms with Gasteiger partial charge in [0.25, 0.3) is 5.69 Å². The van der Waals surface area contributed by atoms with Gasteiger partial charge < -0.3 is 4.74 Å². The average molecular weight is 552 g/mol. The number of piperidine rings is 1. The highest BCUT2D eigenvalue weighted by Gasteiger charge is 2.58. The second-order valence-electron chi connectivity index (χ2n) is 9.47. The SMILES string of the molecule is C=CC[C@@H]1[C@H](C)[C@@H](c2ccccc2)[C@H]([N+](=O)[O-])[C@@H](c2ccc(OC)cc2)N1S(=O)(=O)c1ccc([N+](=O)[O-])cc1. The Bertz CT molecular complexity index is 1440. The number of rotatable bonds is 9. The van der Waals surface area contributed by atoms with Crippen molar-refractivity contribution in [1.82, 2.24) is 4.31 Å². The molecular weight excluding hydrogens is 522 g/mol. The number of hydrogen-bond acceptors (Lipinski definition) is 7. The Kier molecular flexibility index (Phi) is 8.12. The molecule has 0 radical (unpaired) electrons. The minimum atomic E-state index is -4.37. The van der Waals surface area contributed by atoms with Gasteiger partial charge in [0.2, 0.25) is 16.1 Å². The first-order chi connectivity index (χ1) is 18.6. The van der Waals surface area contributed by atoms with Crippen molar-refractivity contribution in [2.45, 2.75) is 42.3 Å². The van der Waals surface area contributed by atoms with Gasteiger partial charge in [0.1, 0.15) is 11.8 Å². The van der Waals surface area contributed by atoms with Gasteiger partial charge in [-0.25, -0.2) is 8.42 Å². The zero-order valence-corrected chi connectivity index (χ0v) is 22.3. The van der Waals surface area contributed by atoms with E-state index in [-0.39, 0.29) is 17.0 Å². The zero-order valence-electron chi connectivity index (χ0n) is 21.5. The van der Waals surface area contributed by atoms with Crippen LogP contribution in [0.15, 0.2) is 96.4 Å². The van der Waals surface area contributed by atoms with Crippen molar-refractivity contribution in [3.05, 3.63) is 123 Å². The van der Waals surface area contributed by atoms with Crippen LogP contribution in [-0.4, -0.2) is 41.8 Å². The fraction of sp³-hybridized carbons (Fsp3) is 0.286. The molecule has 3 aromatic carbocycles. The summed E-state index contributed by atoms with van der Waals surface area (Å²) in [7, 11) is -2.87. The minimum Gasteiger partial charge on any atom is -0.497 e. The lowest BCUT2D eigenvalue weighted by molar-refractivity contribution is -0.541. The topological polar surface area (TPSA) is 133 Å². The summed E-state index contributed by atoms with van der Waals surface area (Å²) in [5, 5.41) is 24.0. The van der Waals surface area contributed by atoms with Gasteiger partial charge in [-0.2, -0.15) is 4.31 Å². The molecule has 1 fully saturated rings. The molecule has 1 aliphatic rings. The number of nitro benzene ring substituents is 1. The van der Waals surface area contributed by atoms with Gasteiger partial charge in [-0.05, 0) is 47.7 Å². The number of benzene rings is 3. The Balaban J connectivity index is 1.98. The van der Waals surface area contributed by atoms with E-state index in [1.165, 1.54) is 23.5 Å². The van der Waals surface area contributed by atoms with Crippen LogP contribution in [-0.2, 0) is 10.0 Å². The molecular formula is C28H29N3O7S. The minimum absolute atomic E-state index is 0.187. The molecule has 204 valence electrons. The van der Waals surface area contributed by atoms with E-state index in [2.05, 4.69) is 6.58 Å². The number of methoxy groups -OCH3 is 1. The maximum Gasteiger partial charge on any atom is 0.269 e. The molecule has 5 atom stereocenters. The van der Waals surface area contributed by atoms with Gasteiger partial charge in [-0.3, -0.25) is 20.2 Å². The van der Waals surface area contributed by atoms with E-state index in [4.69, 9.17) is 4.74 Å². The van der Waals surface area contributed by atoms with E-state index in [1.54, 1.807) is 30.3 Å². The summed E-state index contributed by atoms with van der Waals surface area (Å²) >= 11 is 0. The normalized spacial score (nSPS) is 23.6. The van der Waals surface area contributed by atoms with Crippen LogP contribution in [0.5, 0.6) is 5.75 Å². The van der Waals surface area contributed by atoms with E-state index >= 15 is 0 Å². The van der Waals surface area contributed by atoms with Crippen LogP contribution < -0.4 is 4.74 Å². The Morgan fingerprint density at radius 3 is 2.08 bits per heavy atom. The standard InChI is InChI=1S/C28H29N3O7S/c1-4-8-25-19(2)26(20-9-6-5-7-10-20)28(31(34)35)27(21-11-15-23(38-3)16-12-21)29(25)39(36,37)24-17-13-22(14-18-24)30(32)33/h4-7,9-19,25-28H,1,8H2,2-3H3/t19-,25+,26-,27+,28-/m0/s1. The molecule has 1 saturated heterocycles. The molecule has 1 aliphatic heterocycles. The molecule has 0 N–H and O–H groups in total.